The van der Waals surface area contributed by atoms with Gasteiger partial charge in [0.1, 0.15) is 11.5 Å². The molecular weight excluding hydrogens is 268 g/mol. The molecule has 0 bridgehead atoms. The molecule has 1 atom stereocenters. The average Bonchev–Trinajstić information content (AvgIpc) is 2.90. The largest absolute Gasteiger partial charge is 0.476 e. The molecule has 0 spiro atoms. The quantitative estimate of drug-likeness (QED) is 0.715. The molecule has 2 aliphatic heterocycles. The first-order valence-corrected chi connectivity index (χ1v) is 7.60. The van der Waals surface area contributed by atoms with Gasteiger partial charge in [0.05, 0.1) is 6.61 Å². The SMILES string of the molecule is CCOC1=C(NCC2CCCN2C)C(=C=O)NC(CC)=N1. The molecule has 1 saturated heterocycles. The molecule has 1 fully saturated rings. The molecule has 2 aliphatic rings. The zero-order chi connectivity index (χ0) is 15.2. The van der Waals surface area contributed by atoms with E-state index in [9.17, 15) is 4.79 Å². The third-order valence-corrected chi connectivity index (χ3v) is 3.87. The van der Waals surface area contributed by atoms with E-state index in [1.807, 2.05) is 19.8 Å². The Hall–Kier alpha value is -1.78. The van der Waals surface area contributed by atoms with Crippen LogP contribution in [0.3, 0.4) is 0 Å². The number of hydrogen-bond acceptors (Lipinski definition) is 6. The third kappa shape index (κ3) is 3.65. The molecule has 6 nitrogen and oxygen atoms in total. The number of likely N-dealkylation sites (N-methyl/N-ethyl adjacent to an activating group) is 1. The number of ether oxygens (including phenoxy) is 1. The van der Waals surface area contributed by atoms with E-state index in [2.05, 4.69) is 27.6 Å². The summed E-state index contributed by atoms with van der Waals surface area (Å²) in [6, 6.07) is 0.477. The van der Waals surface area contributed by atoms with Crippen LogP contribution in [0.2, 0.25) is 0 Å². The van der Waals surface area contributed by atoms with Crippen LogP contribution < -0.4 is 10.6 Å². The van der Waals surface area contributed by atoms with Gasteiger partial charge in [0.25, 0.3) is 0 Å². The second kappa shape index (κ2) is 7.29. The normalized spacial score (nSPS) is 22.7. The number of rotatable bonds is 6. The lowest BCUT2D eigenvalue weighted by molar-refractivity contribution is 0.219. The van der Waals surface area contributed by atoms with Gasteiger partial charge in [-0.25, -0.2) is 4.79 Å². The minimum absolute atomic E-state index is 0.381. The summed E-state index contributed by atoms with van der Waals surface area (Å²) in [5.41, 5.74) is 0.996. The van der Waals surface area contributed by atoms with E-state index in [4.69, 9.17) is 4.74 Å². The lowest BCUT2D eigenvalue weighted by atomic mass is 10.2. The molecule has 0 radical (unpaired) electrons. The molecule has 0 aliphatic carbocycles. The molecule has 6 heteroatoms. The van der Waals surface area contributed by atoms with E-state index in [0.717, 1.165) is 25.3 Å². The van der Waals surface area contributed by atoms with E-state index in [1.54, 1.807) is 0 Å². The summed E-state index contributed by atoms with van der Waals surface area (Å²) in [6.45, 7) is 6.28. The fraction of sp³-hybridized carbons (Fsp3) is 0.667. The van der Waals surface area contributed by atoms with Crippen molar-refractivity contribution in [1.29, 1.82) is 0 Å². The topological polar surface area (TPSA) is 66.0 Å². The number of nitrogens with one attached hydrogen (secondary N) is 2. The van der Waals surface area contributed by atoms with Crippen molar-refractivity contribution in [3.05, 3.63) is 17.3 Å². The van der Waals surface area contributed by atoms with E-state index < -0.39 is 0 Å². The van der Waals surface area contributed by atoms with E-state index in [0.29, 0.717) is 36.3 Å². The van der Waals surface area contributed by atoms with Gasteiger partial charge >= 0.3 is 0 Å². The van der Waals surface area contributed by atoms with Crippen LogP contribution in [0.4, 0.5) is 0 Å². The smallest absolute Gasteiger partial charge is 0.242 e. The van der Waals surface area contributed by atoms with Gasteiger partial charge in [-0.3, -0.25) is 0 Å². The van der Waals surface area contributed by atoms with Crippen molar-refractivity contribution in [1.82, 2.24) is 15.5 Å². The molecule has 2 rings (SSSR count). The predicted octanol–water partition coefficient (Wildman–Crippen LogP) is 1.00. The highest BCUT2D eigenvalue weighted by molar-refractivity contribution is 5.89. The Labute approximate surface area is 125 Å². The number of likely N-dealkylation sites (tertiary alicyclic amines) is 1. The maximum absolute atomic E-state index is 11.2. The number of aliphatic imine (C=N–C) groups is 1. The molecule has 2 heterocycles. The fourth-order valence-electron chi connectivity index (χ4n) is 2.63. The van der Waals surface area contributed by atoms with E-state index in [-0.39, 0.29) is 0 Å². The van der Waals surface area contributed by atoms with Crippen molar-refractivity contribution < 1.29 is 9.53 Å². The number of amidine groups is 1. The molecular formula is C15H24N4O2. The van der Waals surface area contributed by atoms with Gasteiger partial charge < -0.3 is 20.3 Å². The first kappa shape index (κ1) is 15.6. The first-order chi connectivity index (χ1) is 10.2. The molecule has 0 amide bonds. The van der Waals surface area contributed by atoms with Gasteiger partial charge in [-0.05, 0) is 33.4 Å². The van der Waals surface area contributed by atoms with Crippen LogP contribution in [-0.2, 0) is 9.53 Å². The van der Waals surface area contributed by atoms with Gasteiger partial charge in [-0.2, -0.15) is 4.99 Å². The average molecular weight is 292 g/mol. The standard InChI is InChI=1S/C15H24N4O2/c1-4-13-17-12(10-20)14(15(18-13)21-5-2)16-9-11-7-6-8-19(11)3/h11,16H,4-9H2,1-3H3,(H,17,18). The van der Waals surface area contributed by atoms with Gasteiger partial charge in [0.2, 0.25) is 5.88 Å². The van der Waals surface area contributed by atoms with Crippen molar-refractivity contribution in [3.8, 4) is 0 Å². The Bertz CT molecular complexity index is 492. The second-order valence-corrected chi connectivity index (χ2v) is 5.28. The van der Waals surface area contributed by atoms with Gasteiger partial charge in [0, 0.05) is 19.0 Å². The number of nitrogens with zero attached hydrogens (tertiary/aromatic N) is 2. The summed E-state index contributed by atoms with van der Waals surface area (Å²) in [5, 5.41) is 6.33. The Morgan fingerprint density at radius 1 is 1.52 bits per heavy atom. The number of hydrogen-bond donors (Lipinski definition) is 2. The van der Waals surface area contributed by atoms with Crippen LogP contribution >= 0.6 is 0 Å². The second-order valence-electron chi connectivity index (χ2n) is 5.28. The Morgan fingerprint density at radius 2 is 2.33 bits per heavy atom. The van der Waals surface area contributed by atoms with Crippen LogP contribution in [0.1, 0.15) is 33.1 Å². The summed E-state index contributed by atoms with van der Waals surface area (Å²) in [7, 11) is 2.13. The molecule has 2 N–H and O–H groups in total. The highest BCUT2D eigenvalue weighted by Gasteiger charge is 2.25. The summed E-state index contributed by atoms with van der Waals surface area (Å²) >= 11 is 0. The monoisotopic (exact) mass is 292 g/mol. The van der Waals surface area contributed by atoms with Crippen molar-refractivity contribution in [2.24, 2.45) is 4.99 Å². The maximum Gasteiger partial charge on any atom is 0.242 e. The van der Waals surface area contributed by atoms with Gasteiger partial charge in [-0.15, -0.1) is 0 Å². The van der Waals surface area contributed by atoms with E-state index >= 15 is 0 Å². The zero-order valence-electron chi connectivity index (χ0n) is 13.0. The molecule has 1 unspecified atom stereocenters. The minimum Gasteiger partial charge on any atom is -0.476 e. The summed E-state index contributed by atoms with van der Waals surface area (Å²) in [5.74, 6) is 3.16. The third-order valence-electron chi connectivity index (χ3n) is 3.87. The van der Waals surface area contributed by atoms with Crippen LogP contribution in [0.25, 0.3) is 0 Å². The maximum atomic E-state index is 11.2. The number of carbonyl (C=O) groups excluding carboxylic acids is 1. The zero-order valence-corrected chi connectivity index (χ0v) is 13.0. The highest BCUT2D eigenvalue weighted by atomic mass is 16.5. The van der Waals surface area contributed by atoms with Crippen molar-refractivity contribution in [2.75, 3.05) is 26.7 Å². The van der Waals surface area contributed by atoms with Crippen LogP contribution in [0.5, 0.6) is 0 Å². The molecule has 116 valence electrons. The van der Waals surface area contributed by atoms with Crippen LogP contribution in [-0.4, -0.2) is 49.5 Å². The van der Waals surface area contributed by atoms with E-state index in [1.165, 1.54) is 6.42 Å². The fourth-order valence-corrected chi connectivity index (χ4v) is 2.63. The molecule has 0 aromatic heterocycles. The van der Waals surface area contributed by atoms with Crippen molar-refractivity contribution in [3.63, 3.8) is 0 Å². The minimum atomic E-state index is 0.381. The first-order valence-electron chi connectivity index (χ1n) is 7.60. The van der Waals surface area contributed by atoms with Crippen molar-refractivity contribution in [2.45, 2.75) is 39.2 Å². The molecule has 0 saturated carbocycles. The lowest BCUT2D eigenvalue weighted by Gasteiger charge is -2.25. The van der Waals surface area contributed by atoms with Gasteiger partial charge in [0.15, 0.2) is 11.6 Å². The Kier molecular flexibility index (Phi) is 5.42. The predicted molar refractivity (Wildman–Crippen MR) is 82.4 cm³/mol. The highest BCUT2D eigenvalue weighted by Crippen LogP contribution is 2.19. The Balaban J connectivity index is 2.17. The lowest BCUT2D eigenvalue weighted by Crippen LogP contribution is -2.39. The van der Waals surface area contributed by atoms with Gasteiger partial charge in [-0.1, -0.05) is 6.92 Å². The molecule has 21 heavy (non-hydrogen) atoms. The summed E-state index contributed by atoms with van der Waals surface area (Å²) in [4.78, 5) is 18.0. The molecule has 0 aromatic rings. The van der Waals surface area contributed by atoms with Crippen LogP contribution in [0.15, 0.2) is 22.3 Å². The molecule has 0 aromatic carbocycles. The van der Waals surface area contributed by atoms with Crippen molar-refractivity contribution >= 4 is 11.8 Å². The Morgan fingerprint density at radius 3 is 2.90 bits per heavy atom. The summed E-state index contributed by atoms with van der Waals surface area (Å²) in [6.07, 6.45) is 3.09. The summed E-state index contributed by atoms with van der Waals surface area (Å²) < 4.78 is 5.58. The van der Waals surface area contributed by atoms with Crippen LogP contribution in [0, 0.1) is 0 Å².